The predicted molar refractivity (Wildman–Crippen MR) is 56.2 cm³/mol. The number of thioether (sulfide) groups is 1. The molecule has 1 heterocycles. The minimum absolute atomic E-state index is 0.123. The maximum Gasteiger partial charge on any atom is 0.321 e. The Bertz CT molecular complexity index is 385. The van der Waals surface area contributed by atoms with Crippen LogP contribution in [0, 0.1) is 5.82 Å². The maximum atomic E-state index is 12.9. The van der Waals surface area contributed by atoms with Crippen LogP contribution in [0.5, 0.6) is 0 Å². The van der Waals surface area contributed by atoms with E-state index in [1.54, 1.807) is 12.1 Å². The highest BCUT2D eigenvalue weighted by Crippen LogP contribution is 2.32. The molecular formula is C10H10FNO2S. The van der Waals surface area contributed by atoms with Gasteiger partial charge in [0.15, 0.2) is 0 Å². The summed E-state index contributed by atoms with van der Waals surface area (Å²) in [5.74, 6) is -0.647. The molecule has 0 bridgehead atoms. The van der Waals surface area contributed by atoms with Crippen LogP contribution in [0.2, 0.25) is 0 Å². The highest BCUT2D eigenvalue weighted by Gasteiger charge is 2.30. The molecule has 2 atom stereocenters. The monoisotopic (exact) mass is 227 g/mol. The smallest absolute Gasteiger partial charge is 0.321 e. The molecule has 2 rings (SSSR count). The maximum absolute atomic E-state index is 12.9. The zero-order valence-electron chi connectivity index (χ0n) is 7.81. The normalized spacial score (nSPS) is 25.4. The van der Waals surface area contributed by atoms with Gasteiger partial charge < -0.3 is 5.11 Å². The third kappa shape index (κ3) is 2.30. The van der Waals surface area contributed by atoms with Gasteiger partial charge in [-0.2, -0.15) is 0 Å². The molecule has 0 amide bonds. The van der Waals surface area contributed by atoms with Gasteiger partial charge >= 0.3 is 5.97 Å². The Morgan fingerprint density at radius 2 is 2.40 bits per heavy atom. The molecule has 15 heavy (non-hydrogen) atoms. The quantitative estimate of drug-likeness (QED) is 0.806. The molecular weight excluding hydrogens is 217 g/mol. The van der Waals surface area contributed by atoms with E-state index >= 15 is 0 Å². The molecule has 1 aliphatic rings. The third-order valence-corrected chi connectivity index (χ3v) is 3.50. The minimum atomic E-state index is -0.860. The zero-order chi connectivity index (χ0) is 10.8. The lowest BCUT2D eigenvalue weighted by molar-refractivity contribution is -0.138. The van der Waals surface area contributed by atoms with Crippen molar-refractivity contribution in [1.82, 2.24) is 5.32 Å². The van der Waals surface area contributed by atoms with Crippen LogP contribution in [0.4, 0.5) is 4.39 Å². The Morgan fingerprint density at radius 1 is 1.60 bits per heavy atom. The van der Waals surface area contributed by atoms with Gasteiger partial charge in [-0.1, -0.05) is 12.1 Å². The summed E-state index contributed by atoms with van der Waals surface area (Å²) in [5.41, 5.74) is 0.781. The lowest BCUT2D eigenvalue weighted by Crippen LogP contribution is -2.33. The van der Waals surface area contributed by atoms with E-state index in [4.69, 9.17) is 5.11 Å². The number of hydrogen-bond donors (Lipinski definition) is 2. The van der Waals surface area contributed by atoms with Crippen molar-refractivity contribution in [2.45, 2.75) is 11.4 Å². The number of nitrogens with one attached hydrogen (secondary N) is 1. The molecule has 0 spiro atoms. The van der Waals surface area contributed by atoms with Crippen molar-refractivity contribution in [2.24, 2.45) is 0 Å². The lowest BCUT2D eigenvalue weighted by Gasteiger charge is -2.10. The summed E-state index contributed by atoms with van der Waals surface area (Å²) in [4.78, 5) is 10.7. The summed E-state index contributed by atoms with van der Waals surface area (Å²) in [7, 11) is 0. The lowest BCUT2D eigenvalue weighted by atomic mass is 10.2. The molecule has 1 saturated heterocycles. The first-order valence-electron chi connectivity index (χ1n) is 4.53. The van der Waals surface area contributed by atoms with E-state index in [1.165, 1.54) is 23.9 Å². The van der Waals surface area contributed by atoms with Crippen LogP contribution in [-0.2, 0) is 4.79 Å². The van der Waals surface area contributed by atoms with Crippen molar-refractivity contribution in [2.75, 3.05) is 5.75 Å². The van der Waals surface area contributed by atoms with Gasteiger partial charge in [0, 0.05) is 5.75 Å². The molecule has 1 fully saturated rings. The van der Waals surface area contributed by atoms with Crippen LogP contribution >= 0.6 is 11.8 Å². The second-order valence-corrected chi connectivity index (χ2v) is 4.46. The van der Waals surface area contributed by atoms with Gasteiger partial charge in [0.2, 0.25) is 0 Å². The molecule has 0 aromatic heterocycles. The predicted octanol–water partition coefficient (Wildman–Crippen LogP) is 1.61. The first-order valence-corrected chi connectivity index (χ1v) is 5.57. The molecule has 0 aliphatic carbocycles. The van der Waals surface area contributed by atoms with Crippen LogP contribution in [0.1, 0.15) is 10.9 Å². The van der Waals surface area contributed by atoms with Crippen LogP contribution in [0.3, 0.4) is 0 Å². The fourth-order valence-electron chi connectivity index (χ4n) is 1.48. The first kappa shape index (κ1) is 10.4. The van der Waals surface area contributed by atoms with E-state index < -0.39 is 12.0 Å². The van der Waals surface area contributed by atoms with Crippen molar-refractivity contribution in [3.05, 3.63) is 35.6 Å². The van der Waals surface area contributed by atoms with Gasteiger partial charge in [-0.15, -0.1) is 11.8 Å². The van der Waals surface area contributed by atoms with Crippen molar-refractivity contribution in [1.29, 1.82) is 0 Å². The Hall–Kier alpha value is -1.07. The first-order chi connectivity index (χ1) is 7.16. The number of halogens is 1. The van der Waals surface area contributed by atoms with Crippen molar-refractivity contribution < 1.29 is 14.3 Å². The number of hydrogen-bond acceptors (Lipinski definition) is 3. The van der Waals surface area contributed by atoms with Crippen LogP contribution in [0.25, 0.3) is 0 Å². The number of rotatable bonds is 2. The van der Waals surface area contributed by atoms with Gasteiger partial charge in [-0.3, -0.25) is 10.1 Å². The van der Waals surface area contributed by atoms with Crippen molar-refractivity contribution in [3.63, 3.8) is 0 Å². The fraction of sp³-hybridized carbons (Fsp3) is 0.300. The Labute approximate surface area is 90.7 Å². The van der Waals surface area contributed by atoms with Crippen LogP contribution in [-0.4, -0.2) is 22.9 Å². The second-order valence-electron chi connectivity index (χ2n) is 3.33. The summed E-state index contributed by atoms with van der Waals surface area (Å²) in [5, 5.41) is 11.6. The zero-order valence-corrected chi connectivity index (χ0v) is 8.63. The summed E-state index contributed by atoms with van der Waals surface area (Å²) < 4.78 is 12.9. The highest BCUT2D eigenvalue weighted by molar-refractivity contribution is 7.99. The highest BCUT2D eigenvalue weighted by atomic mass is 32.2. The van der Waals surface area contributed by atoms with Crippen molar-refractivity contribution in [3.8, 4) is 0 Å². The number of aliphatic carboxylic acids is 1. The van der Waals surface area contributed by atoms with Gasteiger partial charge in [0.25, 0.3) is 0 Å². The van der Waals surface area contributed by atoms with E-state index in [-0.39, 0.29) is 11.2 Å². The Morgan fingerprint density at radius 3 is 3.00 bits per heavy atom. The van der Waals surface area contributed by atoms with Crippen LogP contribution < -0.4 is 5.32 Å². The number of benzene rings is 1. The second kappa shape index (κ2) is 4.20. The van der Waals surface area contributed by atoms with Gasteiger partial charge in [-0.05, 0) is 17.7 Å². The third-order valence-electron chi connectivity index (χ3n) is 2.23. The summed E-state index contributed by atoms with van der Waals surface area (Å²) in [6.45, 7) is 0. The molecule has 2 N–H and O–H groups in total. The molecule has 1 aromatic carbocycles. The number of carbonyl (C=O) groups is 1. The topological polar surface area (TPSA) is 49.3 Å². The van der Waals surface area contributed by atoms with Gasteiger partial charge in [0.1, 0.15) is 11.9 Å². The molecule has 3 nitrogen and oxygen atoms in total. The van der Waals surface area contributed by atoms with E-state index in [0.29, 0.717) is 5.75 Å². The van der Waals surface area contributed by atoms with Crippen LogP contribution in [0.15, 0.2) is 24.3 Å². The Balaban J connectivity index is 2.11. The van der Waals surface area contributed by atoms with E-state index in [2.05, 4.69) is 5.32 Å². The fourth-order valence-corrected chi connectivity index (χ4v) is 2.70. The van der Waals surface area contributed by atoms with E-state index in [9.17, 15) is 9.18 Å². The molecule has 1 aromatic rings. The standard InChI is InChI=1S/C10H10FNO2S/c11-7-3-1-2-6(4-7)9-12-8(5-15-9)10(13)14/h1-4,8-9,12H,5H2,(H,13,14)/t8-,9?/m0/s1. The molecule has 1 unspecified atom stereocenters. The number of carboxylic acid groups (broad SMARTS) is 1. The largest absolute Gasteiger partial charge is 0.480 e. The van der Waals surface area contributed by atoms with Gasteiger partial charge in [0.05, 0.1) is 5.37 Å². The SMILES string of the molecule is O=C(O)[C@@H]1CSC(c2cccc(F)c2)N1. The van der Waals surface area contributed by atoms with E-state index in [0.717, 1.165) is 5.56 Å². The van der Waals surface area contributed by atoms with Gasteiger partial charge in [-0.25, -0.2) is 4.39 Å². The molecule has 0 radical (unpaired) electrons. The molecule has 0 saturated carbocycles. The average Bonchev–Trinajstić information content (AvgIpc) is 2.66. The average molecular weight is 227 g/mol. The molecule has 80 valence electrons. The summed E-state index contributed by atoms with van der Waals surface area (Å²) in [6.07, 6.45) is 0. The molecule has 5 heteroatoms. The van der Waals surface area contributed by atoms with Crippen molar-refractivity contribution >= 4 is 17.7 Å². The summed E-state index contributed by atoms with van der Waals surface area (Å²) in [6, 6.07) is 5.68. The Kier molecular flexibility index (Phi) is 2.93. The van der Waals surface area contributed by atoms with E-state index in [1.807, 2.05) is 0 Å². The minimum Gasteiger partial charge on any atom is -0.480 e. The number of carboxylic acids is 1. The molecule has 1 aliphatic heterocycles. The summed E-state index contributed by atoms with van der Waals surface area (Å²) >= 11 is 1.48.